The minimum Gasteiger partial charge on any atom is -0.493 e. The fourth-order valence-electron chi connectivity index (χ4n) is 3.77. The molecule has 1 aromatic heterocycles. The largest absolute Gasteiger partial charge is 0.516 e. The van der Waals surface area contributed by atoms with Crippen LogP contribution in [0.25, 0.3) is 11.1 Å². The van der Waals surface area contributed by atoms with Crippen LogP contribution in [0.2, 0.25) is 0 Å². The third-order valence-corrected chi connectivity index (χ3v) is 6.61. The summed E-state index contributed by atoms with van der Waals surface area (Å²) in [4.78, 5) is 0. The van der Waals surface area contributed by atoms with Crippen molar-refractivity contribution < 1.29 is 31.4 Å². The molecule has 0 spiro atoms. The van der Waals surface area contributed by atoms with Crippen LogP contribution >= 0.6 is 0 Å². The second-order valence-electron chi connectivity index (χ2n) is 7.73. The van der Waals surface area contributed by atoms with Gasteiger partial charge in [0.2, 0.25) is 0 Å². The lowest BCUT2D eigenvalue weighted by atomic mass is 9.88. The standard InChI is InChI=1S/C22H22F3N3O4S/c1-2-28-10-9-16(26-28)11-15-13-32-20-12-14(7-8-18(20)21(15)29)17-5-3-4-6-19(17)27-33(30,31)22(23,24)25/h3-10,12,15,21,27,29H,2,11,13H2,1H3/t15-,21+/m1/s1. The highest BCUT2D eigenvalue weighted by atomic mass is 32.2. The van der Waals surface area contributed by atoms with Crippen molar-refractivity contribution in [3.8, 4) is 16.9 Å². The van der Waals surface area contributed by atoms with Crippen LogP contribution in [0.15, 0.2) is 54.7 Å². The van der Waals surface area contributed by atoms with Gasteiger partial charge in [-0.1, -0.05) is 30.3 Å². The Bertz CT molecular complexity index is 1260. The zero-order valence-electron chi connectivity index (χ0n) is 17.6. The van der Waals surface area contributed by atoms with Crippen molar-refractivity contribution in [1.29, 1.82) is 0 Å². The maximum Gasteiger partial charge on any atom is 0.516 e. The Hall–Kier alpha value is -3.05. The molecule has 11 heteroatoms. The Morgan fingerprint density at radius 1 is 1.21 bits per heavy atom. The van der Waals surface area contributed by atoms with Gasteiger partial charge in [0.1, 0.15) is 5.75 Å². The molecule has 0 saturated carbocycles. The van der Waals surface area contributed by atoms with Crippen LogP contribution in [0, 0.1) is 5.92 Å². The van der Waals surface area contributed by atoms with E-state index < -0.39 is 21.6 Å². The highest BCUT2D eigenvalue weighted by Crippen LogP contribution is 2.40. The summed E-state index contributed by atoms with van der Waals surface area (Å²) < 4.78 is 70.9. The lowest BCUT2D eigenvalue weighted by Crippen LogP contribution is -2.30. The van der Waals surface area contributed by atoms with E-state index in [1.165, 1.54) is 18.2 Å². The van der Waals surface area contributed by atoms with Crippen LogP contribution in [0.1, 0.15) is 24.3 Å². The number of nitrogens with one attached hydrogen (secondary N) is 1. The molecule has 176 valence electrons. The molecule has 2 N–H and O–H groups in total. The number of sulfonamides is 1. The second kappa shape index (κ2) is 8.71. The first-order valence-corrected chi connectivity index (χ1v) is 11.7. The van der Waals surface area contributed by atoms with Crippen LogP contribution in [0.5, 0.6) is 5.75 Å². The van der Waals surface area contributed by atoms with E-state index in [0.717, 1.165) is 12.2 Å². The van der Waals surface area contributed by atoms with Gasteiger partial charge in [0.25, 0.3) is 0 Å². The molecule has 0 bridgehead atoms. The van der Waals surface area contributed by atoms with Crippen LogP contribution in [0.3, 0.4) is 0 Å². The van der Waals surface area contributed by atoms with E-state index in [0.29, 0.717) is 23.3 Å². The van der Waals surface area contributed by atoms with Crippen molar-refractivity contribution in [3.05, 3.63) is 66.0 Å². The van der Waals surface area contributed by atoms with E-state index in [1.807, 2.05) is 19.2 Å². The SMILES string of the molecule is CCn1ccc(C[C@@H]2COc3cc(-c4ccccc4NS(=O)(=O)C(F)(F)F)ccc3[C@H]2O)n1. The van der Waals surface area contributed by atoms with Crippen molar-refractivity contribution in [2.45, 2.75) is 31.5 Å². The minimum atomic E-state index is -5.57. The van der Waals surface area contributed by atoms with E-state index in [-0.39, 0.29) is 23.8 Å². The molecule has 2 heterocycles. The average Bonchev–Trinajstić information content (AvgIpc) is 3.22. The number of alkyl halides is 3. The molecule has 4 rings (SSSR count). The fourth-order valence-corrected chi connectivity index (χ4v) is 4.35. The Labute approximate surface area is 188 Å². The molecule has 0 unspecified atom stereocenters. The monoisotopic (exact) mass is 481 g/mol. The van der Waals surface area contributed by atoms with E-state index >= 15 is 0 Å². The molecule has 0 saturated heterocycles. The molecule has 0 amide bonds. The topological polar surface area (TPSA) is 93.5 Å². The second-order valence-corrected chi connectivity index (χ2v) is 9.41. The zero-order chi connectivity index (χ0) is 23.8. The number of fused-ring (bicyclic) bond motifs is 1. The van der Waals surface area contributed by atoms with Gasteiger partial charge in [-0.3, -0.25) is 9.40 Å². The number of hydrogen-bond acceptors (Lipinski definition) is 5. The number of nitrogens with zero attached hydrogens (tertiary/aromatic N) is 2. The number of aliphatic hydroxyl groups is 1. The van der Waals surface area contributed by atoms with Gasteiger partial charge in [0, 0.05) is 36.2 Å². The number of ether oxygens (including phenoxy) is 1. The number of aliphatic hydroxyl groups excluding tert-OH is 1. The molecule has 1 aliphatic rings. The molecular weight excluding hydrogens is 459 g/mol. The van der Waals surface area contributed by atoms with Crippen molar-refractivity contribution in [2.24, 2.45) is 5.92 Å². The molecule has 33 heavy (non-hydrogen) atoms. The van der Waals surface area contributed by atoms with Gasteiger partial charge in [-0.25, -0.2) is 0 Å². The Balaban J connectivity index is 1.59. The van der Waals surface area contributed by atoms with Gasteiger partial charge >= 0.3 is 15.5 Å². The number of aromatic nitrogens is 2. The maximum absolute atomic E-state index is 12.8. The molecule has 2 aromatic carbocycles. The smallest absolute Gasteiger partial charge is 0.493 e. The summed E-state index contributed by atoms with van der Waals surface area (Å²) in [5.74, 6) is 0.179. The van der Waals surface area contributed by atoms with Crippen LogP contribution in [-0.4, -0.2) is 35.4 Å². The first-order valence-electron chi connectivity index (χ1n) is 10.2. The molecule has 3 aromatic rings. The molecule has 0 radical (unpaired) electrons. The third kappa shape index (κ3) is 4.69. The molecule has 0 fully saturated rings. The first-order chi connectivity index (χ1) is 15.6. The van der Waals surface area contributed by atoms with Crippen molar-refractivity contribution >= 4 is 15.7 Å². The van der Waals surface area contributed by atoms with Gasteiger partial charge in [0.15, 0.2) is 0 Å². The predicted octanol–water partition coefficient (Wildman–Crippen LogP) is 4.12. The summed E-state index contributed by atoms with van der Waals surface area (Å²) in [6.45, 7) is 2.96. The third-order valence-electron chi connectivity index (χ3n) is 5.51. The average molecular weight is 481 g/mol. The van der Waals surface area contributed by atoms with E-state index in [1.54, 1.807) is 33.7 Å². The summed E-state index contributed by atoms with van der Waals surface area (Å²) in [5.41, 5.74) is -3.56. The molecule has 1 aliphatic heterocycles. The predicted molar refractivity (Wildman–Crippen MR) is 116 cm³/mol. The zero-order valence-corrected chi connectivity index (χ0v) is 18.4. The molecule has 0 aliphatic carbocycles. The van der Waals surface area contributed by atoms with Gasteiger partial charge < -0.3 is 9.84 Å². The highest BCUT2D eigenvalue weighted by Gasteiger charge is 2.46. The Kier molecular flexibility index (Phi) is 6.10. The summed E-state index contributed by atoms with van der Waals surface area (Å²) in [6.07, 6.45) is 1.58. The number of halogens is 3. The summed E-state index contributed by atoms with van der Waals surface area (Å²) >= 11 is 0. The summed E-state index contributed by atoms with van der Waals surface area (Å²) in [5, 5.41) is 15.3. The number of rotatable bonds is 6. The number of aryl methyl sites for hydroxylation is 1. The quantitative estimate of drug-likeness (QED) is 0.553. The number of para-hydroxylation sites is 1. The van der Waals surface area contributed by atoms with Crippen molar-refractivity contribution in [3.63, 3.8) is 0 Å². The van der Waals surface area contributed by atoms with Crippen LogP contribution in [-0.2, 0) is 23.0 Å². The number of hydrogen-bond donors (Lipinski definition) is 2. The highest BCUT2D eigenvalue weighted by molar-refractivity contribution is 7.93. The van der Waals surface area contributed by atoms with Crippen molar-refractivity contribution in [1.82, 2.24) is 9.78 Å². The van der Waals surface area contributed by atoms with Gasteiger partial charge in [-0.15, -0.1) is 0 Å². The molecule has 7 nitrogen and oxygen atoms in total. The van der Waals surface area contributed by atoms with Gasteiger partial charge in [0.05, 0.1) is 24.1 Å². The minimum absolute atomic E-state index is 0.212. The van der Waals surface area contributed by atoms with Crippen LogP contribution in [0.4, 0.5) is 18.9 Å². The number of anilines is 1. The lowest BCUT2D eigenvalue weighted by molar-refractivity contribution is -0.0429. The van der Waals surface area contributed by atoms with E-state index in [4.69, 9.17) is 4.74 Å². The summed E-state index contributed by atoms with van der Waals surface area (Å²) in [6, 6.07) is 12.5. The fraction of sp³-hybridized carbons (Fsp3) is 0.318. The Morgan fingerprint density at radius 3 is 2.67 bits per heavy atom. The van der Waals surface area contributed by atoms with Gasteiger partial charge in [-0.2, -0.15) is 26.7 Å². The van der Waals surface area contributed by atoms with E-state index in [2.05, 4.69) is 5.10 Å². The first kappa shape index (κ1) is 23.1. The summed E-state index contributed by atoms with van der Waals surface area (Å²) in [7, 11) is -5.57. The number of benzene rings is 2. The Morgan fingerprint density at radius 2 is 1.97 bits per heavy atom. The van der Waals surface area contributed by atoms with E-state index in [9.17, 15) is 26.7 Å². The molecular formula is C22H22F3N3O4S. The maximum atomic E-state index is 12.8. The van der Waals surface area contributed by atoms with Gasteiger partial charge in [-0.05, 0) is 30.7 Å². The van der Waals surface area contributed by atoms with Crippen LogP contribution < -0.4 is 9.46 Å². The molecule has 2 atom stereocenters. The normalized spacial score (nSPS) is 18.5. The van der Waals surface area contributed by atoms with Crippen molar-refractivity contribution in [2.75, 3.05) is 11.3 Å². The lowest BCUT2D eigenvalue weighted by Gasteiger charge is -2.30.